The van der Waals surface area contributed by atoms with Crippen molar-refractivity contribution in [1.29, 1.82) is 0 Å². The number of ether oxygens (including phenoxy) is 1. The van der Waals surface area contributed by atoms with Crippen molar-refractivity contribution in [2.45, 2.75) is 25.8 Å². The monoisotopic (exact) mass is 212 g/mol. The molecule has 84 valence electrons. The zero-order valence-corrected chi connectivity index (χ0v) is 8.81. The summed E-state index contributed by atoms with van der Waals surface area (Å²) >= 11 is 0. The number of hydrogen-bond acceptors (Lipinski definition) is 5. The highest BCUT2D eigenvalue weighted by atomic mass is 16.5. The molecule has 1 rings (SSSR count). The number of nitrogens with zero attached hydrogens (tertiary/aromatic N) is 1. The van der Waals surface area contributed by atoms with Crippen LogP contribution in [-0.4, -0.2) is 24.5 Å². The minimum atomic E-state index is -0.407. The van der Waals surface area contributed by atoms with Crippen molar-refractivity contribution in [3.8, 4) is 0 Å². The fourth-order valence-corrected chi connectivity index (χ4v) is 1.05. The zero-order valence-electron chi connectivity index (χ0n) is 8.81. The Morgan fingerprint density at radius 1 is 1.73 bits per heavy atom. The zero-order chi connectivity index (χ0) is 11.1. The number of oxazole rings is 1. The average Bonchev–Trinajstić information content (AvgIpc) is 2.72. The summed E-state index contributed by atoms with van der Waals surface area (Å²) in [6.07, 6.45) is 4.01. The van der Waals surface area contributed by atoms with Crippen LogP contribution in [0.2, 0.25) is 0 Å². The summed E-state index contributed by atoms with van der Waals surface area (Å²) in [7, 11) is 0. The van der Waals surface area contributed by atoms with Crippen molar-refractivity contribution in [3.63, 3.8) is 0 Å². The second-order valence-electron chi connectivity index (χ2n) is 3.26. The summed E-state index contributed by atoms with van der Waals surface area (Å²) in [6.45, 7) is 3.14. The van der Waals surface area contributed by atoms with Gasteiger partial charge in [0.25, 0.3) is 0 Å². The molecule has 1 unspecified atom stereocenters. The van der Waals surface area contributed by atoms with Gasteiger partial charge in [0.2, 0.25) is 5.89 Å². The fourth-order valence-electron chi connectivity index (χ4n) is 1.05. The number of nitrogens with two attached hydrogens (primary N) is 1. The molecule has 15 heavy (non-hydrogen) atoms. The molecule has 0 bridgehead atoms. The standard InChI is InChI=1S/C10H16N2O3/c1-2-3-4-14-7-9(11)10-12-8(5-13)6-15-10/h5-6,9H,2-4,7,11H2,1H3. The van der Waals surface area contributed by atoms with E-state index in [9.17, 15) is 4.79 Å². The molecule has 0 aliphatic carbocycles. The van der Waals surface area contributed by atoms with Crippen LogP contribution in [0.3, 0.4) is 0 Å². The van der Waals surface area contributed by atoms with Gasteiger partial charge < -0.3 is 14.9 Å². The first kappa shape index (κ1) is 11.9. The van der Waals surface area contributed by atoms with Gasteiger partial charge in [0.05, 0.1) is 6.61 Å². The number of hydrogen-bond donors (Lipinski definition) is 1. The van der Waals surface area contributed by atoms with E-state index in [0.29, 0.717) is 25.4 Å². The lowest BCUT2D eigenvalue weighted by molar-refractivity contribution is 0.111. The Bertz CT molecular complexity index is 299. The van der Waals surface area contributed by atoms with Crippen LogP contribution in [0.15, 0.2) is 10.7 Å². The second-order valence-corrected chi connectivity index (χ2v) is 3.26. The topological polar surface area (TPSA) is 78.4 Å². The molecule has 0 radical (unpaired) electrons. The maximum absolute atomic E-state index is 10.3. The summed E-state index contributed by atoms with van der Waals surface area (Å²) in [5, 5.41) is 0. The van der Waals surface area contributed by atoms with Gasteiger partial charge in [-0.3, -0.25) is 4.79 Å². The number of aldehydes is 1. The van der Waals surface area contributed by atoms with E-state index in [-0.39, 0.29) is 5.69 Å². The second kappa shape index (κ2) is 6.31. The number of aromatic nitrogens is 1. The molecular formula is C10H16N2O3. The van der Waals surface area contributed by atoms with Crippen LogP contribution in [0.25, 0.3) is 0 Å². The molecule has 5 nitrogen and oxygen atoms in total. The van der Waals surface area contributed by atoms with Crippen LogP contribution >= 0.6 is 0 Å². The van der Waals surface area contributed by atoms with Crippen molar-refractivity contribution >= 4 is 6.29 Å². The SMILES string of the molecule is CCCCOCC(N)c1nc(C=O)co1. The first-order valence-corrected chi connectivity index (χ1v) is 5.01. The molecule has 5 heteroatoms. The molecule has 1 aromatic rings. The molecule has 0 aliphatic rings. The Morgan fingerprint density at radius 3 is 3.13 bits per heavy atom. The normalized spacial score (nSPS) is 12.7. The van der Waals surface area contributed by atoms with Crippen LogP contribution in [0.5, 0.6) is 0 Å². The van der Waals surface area contributed by atoms with Gasteiger partial charge in [-0.15, -0.1) is 0 Å². The van der Waals surface area contributed by atoms with E-state index in [4.69, 9.17) is 14.9 Å². The smallest absolute Gasteiger partial charge is 0.213 e. The number of unbranched alkanes of at least 4 members (excludes halogenated alkanes) is 1. The van der Waals surface area contributed by atoms with Crippen LogP contribution in [0.1, 0.15) is 42.2 Å². The lowest BCUT2D eigenvalue weighted by Crippen LogP contribution is -2.18. The van der Waals surface area contributed by atoms with Crippen LogP contribution in [-0.2, 0) is 4.74 Å². The first-order valence-electron chi connectivity index (χ1n) is 5.01. The lowest BCUT2D eigenvalue weighted by Gasteiger charge is -2.07. The molecule has 0 aliphatic heterocycles. The van der Waals surface area contributed by atoms with Gasteiger partial charge in [-0.2, -0.15) is 0 Å². The van der Waals surface area contributed by atoms with Gasteiger partial charge >= 0.3 is 0 Å². The Balaban J connectivity index is 2.32. The van der Waals surface area contributed by atoms with E-state index in [1.807, 2.05) is 0 Å². The van der Waals surface area contributed by atoms with E-state index in [2.05, 4.69) is 11.9 Å². The van der Waals surface area contributed by atoms with Crippen molar-refractivity contribution in [2.75, 3.05) is 13.2 Å². The molecule has 0 aromatic carbocycles. The van der Waals surface area contributed by atoms with Crippen molar-refractivity contribution in [2.24, 2.45) is 5.73 Å². The van der Waals surface area contributed by atoms with Crippen molar-refractivity contribution in [1.82, 2.24) is 4.98 Å². The van der Waals surface area contributed by atoms with Gasteiger partial charge in [0, 0.05) is 6.61 Å². The highest BCUT2D eigenvalue weighted by Gasteiger charge is 2.12. The van der Waals surface area contributed by atoms with E-state index in [0.717, 1.165) is 12.8 Å². The quantitative estimate of drug-likeness (QED) is 0.544. The molecule has 1 aromatic heterocycles. The Kier molecular flexibility index (Phi) is 5.00. The predicted molar refractivity (Wildman–Crippen MR) is 54.5 cm³/mol. The minimum Gasteiger partial charge on any atom is -0.446 e. The molecule has 0 fully saturated rings. The van der Waals surface area contributed by atoms with E-state index in [1.54, 1.807) is 0 Å². The highest BCUT2D eigenvalue weighted by molar-refractivity contribution is 5.70. The third-order valence-corrected chi connectivity index (χ3v) is 1.92. The maximum atomic E-state index is 10.3. The van der Waals surface area contributed by atoms with Crippen molar-refractivity contribution < 1.29 is 13.9 Å². The van der Waals surface area contributed by atoms with E-state index >= 15 is 0 Å². The highest BCUT2D eigenvalue weighted by Crippen LogP contribution is 2.09. The van der Waals surface area contributed by atoms with Gasteiger partial charge in [-0.05, 0) is 6.42 Å². The minimum absolute atomic E-state index is 0.258. The molecular weight excluding hydrogens is 196 g/mol. The van der Waals surface area contributed by atoms with Crippen LogP contribution < -0.4 is 5.73 Å². The number of carbonyl (C=O) groups is 1. The van der Waals surface area contributed by atoms with Gasteiger partial charge in [0.1, 0.15) is 18.0 Å². The summed E-state index contributed by atoms with van der Waals surface area (Å²) in [5.74, 6) is 0.341. The summed E-state index contributed by atoms with van der Waals surface area (Å²) in [4.78, 5) is 14.2. The maximum Gasteiger partial charge on any atom is 0.213 e. The van der Waals surface area contributed by atoms with Crippen molar-refractivity contribution in [3.05, 3.63) is 17.8 Å². The average molecular weight is 212 g/mol. The Morgan fingerprint density at radius 2 is 2.53 bits per heavy atom. The third-order valence-electron chi connectivity index (χ3n) is 1.92. The molecule has 0 saturated carbocycles. The molecule has 2 N–H and O–H groups in total. The first-order chi connectivity index (χ1) is 7.27. The summed E-state index contributed by atoms with van der Waals surface area (Å²) in [5.41, 5.74) is 6.01. The lowest BCUT2D eigenvalue weighted by atomic mass is 10.3. The van der Waals surface area contributed by atoms with E-state index in [1.165, 1.54) is 6.26 Å². The largest absolute Gasteiger partial charge is 0.446 e. The molecule has 0 spiro atoms. The fraction of sp³-hybridized carbons (Fsp3) is 0.600. The molecule has 0 saturated heterocycles. The Hall–Kier alpha value is -1.20. The molecule has 0 amide bonds. The summed E-state index contributed by atoms with van der Waals surface area (Å²) in [6, 6.07) is -0.407. The van der Waals surface area contributed by atoms with E-state index < -0.39 is 6.04 Å². The number of carbonyl (C=O) groups excluding carboxylic acids is 1. The van der Waals surface area contributed by atoms with Crippen LogP contribution in [0.4, 0.5) is 0 Å². The van der Waals surface area contributed by atoms with Gasteiger partial charge in [-0.1, -0.05) is 13.3 Å². The predicted octanol–water partition coefficient (Wildman–Crippen LogP) is 1.30. The van der Waals surface area contributed by atoms with Gasteiger partial charge in [-0.25, -0.2) is 4.98 Å². The summed E-state index contributed by atoms with van der Waals surface area (Å²) < 4.78 is 10.3. The third kappa shape index (κ3) is 3.81. The van der Waals surface area contributed by atoms with Gasteiger partial charge in [0.15, 0.2) is 6.29 Å². The Labute approximate surface area is 88.6 Å². The van der Waals surface area contributed by atoms with Crippen LogP contribution in [0, 0.1) is 0 Å². The molecule has 1 heterocycles. The molecule has 1 atom stereocenters. The number of rotatable bonds is 7.